The average Bonchev–Trinajstić information content (AvgIpc) is 2.75. The molecule has 0 heterocycles. The van der Waals surface area contributed by atoms with Crippen LogP contribution in [0, 0.1) is 11.8 Å². The van der Waals surface area contributed by atoms with E-state index in [0.29, 0.717) is 0 Å². The minimum atomic E-state index is 0.00757. The van der Waals surface area contributed by atoms with Crippen LogP contribution in [0.1, 0.15) is 69.9 Å². The Morgan fingerprint density at radius 3 is 2.50 bits per heavy atom. The normalized spacial score (nSPS) is 27.5. The molecule has 0 bridgehead atoms. The molecule has 0 radical (unpaired) electrons. The zero-order chi connectivity index (χ0) is 19.7. The van der Waals surface area contributed by atoms with Crippen molar-refractivity contribution in [2.45, 2.75) is 70.6 Å². The van der Waals surface area contributed by atoms with Crippen molar-refractivity contribution < 1.29 is 4.74 Å². The molecular formula is C27H38O. The van der Waals surface area contributed by atoms with Gasteiger partial charge in [0, 0.05) is 12.0 Å². The number of rotatable bonds is 9. The van der Waals surface area contributed by atoms with Crippen molar-refractivity contribution in [1.29, 1.82) is 0 Å². The summed E-state index contributed by atoms with van der Waals surface area (Å²) in [4.78, 5) is 0. The van der Waals surface area contributed by atoms with E-state index in [1.165, 1.54) is 49.7 Å². The third kappa shape index (κ3) is 5.70. The van der Waals surface area contributed by atoms with Crippen LogP contribution in [0.15, 0.2) is 60.7 Å². The van der Waals surface area contributed by atoms with Gasteiger partial charge in [-0.1, -0.05) is 67.6 Å². The maximum absolute atomic E-state index is 5.97. The van der Waals surface area contributed by atoms with Crippen LogP contribution >= 0.6 is 0 Å². The number of ether oxygens (including phenoxy) is 1. The number of allylic oxidation sites excluding steroid dienone is 5. The second-order valence-corrected chi connectivity index (χ2v) is 8.74. The molecule has 0 N–H and O–H groups in total. The molecule has 1 atom stereocenters. The first-order chi connectivity index (χ1) is 13.8. The van der Waals surface area contributed by atoms with E-state index in [1.54, 1.807) is 0 Å². The highest BCUT2D eigenvalue weighted by Crippen LogP contribution is 2.35. The summed E-state index contributed by atoms with van der Waals surface area (Å²) in [6.45, 7) is 5.93. The number of benzene rings is 1. The number of hydrogen-bond donors (Lipinski definition) is 0. The molecule has 1 unspecified atom stereocenters. The summed E-state index contributed by atoms with van der Waals surface area (Å²) in [6, 6.07) is 9.40. The van der Waals surface area contributed by atoms with Gasteiger partial charge in [0.15, 0.2) is 0 Å². The van der Waals surface area contributed by atoms with Gasteiger partial charge in [-0.25, -0.2) is 0 Å². The Labute approximate surface area is 172 Å². The van der Waals surface area contributed by atoms with E-state index in [2.05, 4.69) is 74.6 Å². The van der Waals surface area contributed by atoms with Crippen LogP contribution in [0.3, 0.4) is 0 Å². The molecule has 0 aliphatic heterocycles. The minimum Gasteiger partial charge on any atom is -0.380 e. The van der Waals surface area contributed by atoms with Crippen molar-refractivity contribution in [1.82, 2.24) is 0 Å². The van der Waals surface area contributed by atoms with Crippen LogP contribution in [-0.2, 0) is 16.6 Å². The van der Waals surface area contributed by atoms with Gasteiger partial charge in [-0.05, 0) is 81.3 Å². The fourth-order valence-corrected chi connectivity index (χ4v) is 4.78. The first-order valence-corrected chi connectivity index (χ1v) is 11.4. The summed E-state index contributed by atoms with van der Waals surface area (Å²) in [6.07, 6.45) is 23.8. The molecule has 28 heavy (non-hydrogen) atoms. The van der Waals surface area contributed by atoms with E-state index in [9.17, 15) is 0 Å². The van der Waals surface area contributed by atoms with Crippen molar-refractivity contribution in [3.63, 3.8) is 0 Å². The molecular weight excluding hydrogens is 340 g/mol. The van der Waals surface area contributed by atoms with E-state index >= 15 is 0 Å². The summed E-state index contributed by atoms with van der Waals surface area (Å²) in [7, 11) is 0. The zero-order valence-corrected chi connectivity index (χ0v) is 17.9. The van der Waals surface area contributed by atoms with E-state index < -0.39 is 0 Å². The van der Waals surface area contributed by atoms with Gasteiger partial charge >= 0.3 is 0 Å². The molecule has 1 aromatic carbocycles. The van der Waals surface area contributed by atoms with Crippen LogP contribution < -0.4 is 0 Å². The van der Waals surface area contributed by atoms with Gasteiger partial charge in [-0.2, -0.15) is 0 Å². The van der Waals surface area contributed by atoms with Gasteiger partial charge in [0.2, 0.25) is 0 Å². The van der Waals surface area contributed by atoms with Crippen molar-refractivity contribution in [2.75, 3.05) is 13.2 Å². The second kappa shape index (κ2) is 10.8. The van der Waals surface area contributed by atoms with Crippen LogP contribution in [0.2, 0.25) is 0 Å². The maximum Gasteiger partial charge on any atom is 0.0600 e. The lowest BCUT2D eigenvalue weighted by Crippen LogP contribution is -2.30. The molecule has 1 aromatic rings. The van der Waals surface area contributed by atoms with E-state index in [1.807, 2.05) is 0 Å². The Morgan fingerprint density at radius 2 is 1.86 bits per heavy atom. The Balaban J connectivity index is 1.55. The van der Waals surface area contributed by atoms with Gasteiger partial charge in [0.1, 0.15) is 0 Å². The monoisotopic (exact) mass is 378 g/mol. The highest BCUT2D eigenvalue weighted by Gasteiger charge is 2.29. The molecule has 0 spiro atoms. The van der Waals surface area contributed by atoms with Gasteiger partial charge in [0.05, 0.1) is 6.61 Å². The van der Waals surface area contributed by atoms with Crippen molar-refractivity contribution in [3.8, 4) is 0 Å². The topological polar surface area (TPSA) is 9.23 Å². The first kappa shape index (κ1) is 21.1. The lowest BCUT2D eigenvalue weighted by molar-refractivity contribution is 0.0990. The zero-order valence-electron chi connectivity index (χ0n) is 17.9. The third-order valence-corrected chi connectivity index (χ3v) is 6.58. The molecule has 3 rings (SSSR count). The SMILES string of the molecule is CC=CC1CCC(CCc2ccc(C3(COCCC)C=CC=CC3)cc2)CC1. The fraction of sp³-hybridized carbons (Fsp3) is 0.556. The molecule has 152 valence electrons. The molecule has 0 saturated heterocycles. The Bertz CT molecular complexity index is 658. The number of aryl methyl sites for hydroxylation is 1. The van der Waals surface area contributed by atoms with Crippen molar-refractivity contribution in [2.24, 2.45) is 11.8 Å². The van der Waals surface area contributed by atoms with Gasteiger partial charge < -0.3 is 4.74 Å². The largest absolute Gasteiger partial charge is 0.380 e. The Morgan fingerprint density at radius 1 is 1.07 bits per heavy atom. The molecule has 1 nitrogen and oxygen atoms in total. The Kier molecular flexibility index (Phi) is 8.15. The molecule has 1 heteroatoms. The molecule has 1 fully saturated rings. The van der Waals surface area contributed by atoms with Gasteiger partial charge in [-0.15, -0.1) is 0 Å². The van der Waals surface area contributed by atoms with Crippen LogP contribution in [0.4, 0.5) is 0 Å². The first-order valence-electron chi connectivity index (χ1n) is 11.4. The minimum absolute atomic E-state index is 0.00757. The van der Waals surface area contributed by atoms with Gasteiger partial charge in [0.25, 0.3) is 0 Å². The average molecular weight is 379 g/mol. The Hall–Kier alpha value is -1.60. The summed E-state index contributed by atoms with van der Waals surface area (Å²) < 4.78 is 5.97. The van der Waals surface area contributed by atoms with E-state index in [0.717, 1.165) is 37.9 Å². The van der Waals surface area contributed by atoms with Crippen LogP contribution in [0.25, 0.3) is 0 Å². The molecule has 0 amide bonds. The highest BCUT2D eigenvalue weighted by molar-refractivity contribution is 5.37. The van der Waals surface area contributed by atoms with Crippen molar-refractivity contribution in [3.05, 3.63) is 71.8 Å². The summed E-state index contributed by atoms with van der Waals surface area (Å²) in [5.41, 5.74) is 2.88. The molecule has 2 aliphatic carbocycles. The molecule has 0 aromatic heterocycles. The third-order valence-electron chi connectivity index (χ3n) is 6.58. The standard InChI is InChI=1S/C27H38O/c1-3-8-23-9-11-24(12-10-23)13-14-25-15-17-26(18-16-25)27(22-28-21-4-2)19-6-5-7-20-27/h3,5-8,15-19,23-24H,4,9-14,20-22H2,1-2H3. The summed E-state index contributed by atoms with van der Waals surface area (Å²) >= 11 is 0. The smallest absolute Gasteiger partial charge is 0.0600 e. The van der Waals surface area contributed by atoms with Crippen LogP contribution in [-0.4, -0.2) is 13.2 Å². The summed E-state index contributed by atoms with van der Waals surface area (Å²) in [5.74, 6) is 1.76. The van der Waals surface area contributed by atoms with Gasteiger partial charge in [-0.3, -0.25) is 0 Å². The van der Waals surface area contributed by atoms with Crippen molar-refractivity contribution >= 4 is 0 Å². The second-order valence-electron chi connectivity index (χ2n) is 8.74. The van der Waals surface area contributed by atoms with E-state index in [4.69, 9.17) is 4.74 Å². The molecule has 1 saturated carbocycles. The van der Waals surface area contributed by atoms with Crippen LogP contribution in [0.5, 0.6) is 0 Å². The maximum atomic E-state index is 5.97. The fourth-order valence-electron chi connectivity index (χ4n) is 4.78. The molecule has 2 aliphatic rings. The van der Waals surface area contributed by atoms with E-state index in [-0.39, 0.29) is 5.41 Å². The summed E-state index contributed by atoms with van der Waals surface area (Å²) in [5, 5.41) is 0. The lowest BCUT2D eigenvalue weighted by Gasteiger charge is -2.32. The predicted molar refractivity (Wildman–Crippen MR) is 121 cm³/mol. The predicted octanol–water partition coefficient (Wildman–Crippen LogP) is 7.18. The quantitative estimate of drug-likeness (QED) is 0.326. The lowest BCUT2D eigenvalue weighted by atomic mass is 9.75. The number of hydrogen-bond acceptors (Lipinski definition) is 1. The highest BCUT2D eigenvalue weighted by atomic mass is 16.5.